The average Bonchev–Trinajstić information content (AvgIpc) is 2.50. The Bertz CT molecular complexity index is 518. The van der Waals surface area contributed by atoms with Crippen molar-refractivity contribution < 1.29 is 14.7 Å². The lowest BCUT2D eigenvalue weighted by Gasteiger charge is -2.19. The van der Waals surface area contributed by atoms with E-state index in [4.69, 9.17) is 0 Å². The number of carbonyl (C=O) groups is 2. The number of carboxylic acid groups (broad SMARTS) is 1. The molecule has 21 heavy (non-hydrogen) atoms. The van der Waals surface area contributed by atoms with Crippen molar-refractivity contribution in [1.29, 1.82) is 0 Å². The predicted molar refractivity (Wildman–Crippen MR) is 84.6 cm³/mol. The van der Waals surface area contributed by atoms with Crippen molar-refractivity contribution >= 4 is 24.5 Å². The summed E-state index contributed by atoms with van der Waals surface area (Å²) in [6, 6.07) is 7.34. The topological polar surface area (TPSA) is 66.4 Å². The van der Waals surface area contributed by atoms with E-state index in [1.54, 1.807) is 0 Å². The first kappa shape index (κ1) is 15.9. The maximum atomic E-state index is 12.3. The Kier molecular flexibility index (Phi) is 5.67. The lowest BCUT2D eigenvalue weighted by molar-refractivity contribution is -0.142. The minimum Gasteiger partial charge on any atom is -0.480 e. The molecule has 0 saturated heterocycles. The highest BCUT2D eigenvalue weighted by Gasteiger charge is 2.25. The van der Waals surface area contributed by atoms with E-state index in [1.807, 2.05) is 18.2 Å². The van der Waals surface area contributed by atoms with Gasteiger partial charge in [-0.05, 0) is 36.8 Å². The number of aryl methyl sites for hydroxylation is 1. The molecule has 1 aromatic rings. The number of nitrogens with one attached hydrogen (secondary N) is 1. The molecule has 0 aromatic heterocycles. The molecule has 1 amide bonds. The maximum Gasteiger partial charge on any atom is 0.326 e. The molecule has 5 heteroatoms. The van der Waals surface area contributed by atoms with Gasteiger partial charge in [0.25, 0.3) is 0 Å². The van der Waals surface area contributed by atoms with Crippen molar-refractivity contribution in [1.82, 2.24) is 5.32 Å². The molecule has 0 saturated carbocycles. The SMILES string of the molecule is O=C(O)C1CCCCc2ccccc2C[C@H](CS)C(=O)N1. The first-order valence-corrected chi connectivity index (χ1v) is 7.96. The fourth-order valence-corrected chi connectivity index (χ4v) is 3.01. The van der Waals surface area contributed by atoms with Gasteiger partial charge in [0.15, 0.2) is 0 Å². The van der Waals surface area contributed by atoms with E-state index in [0.29, 0.717) is 18.6 Å². The average molecular weight is 307 g/mol. The van der Waals surface area contributed by atoms with E-state index < -0.39 is 12.0 Å². The van der Waals surface area contributed by atoms with Crippen molar-refractivity contribution in [3.8, 4) is 0 Å². The summed E-state index contributed by atoms with van der Waals surface area (Å²) >= 11 is 4.26. The number of carbonyl (C=O) groups excluding carboxylic acids is 1. The third-order valence-corrected chi connectivity index (χ3v) is 4.42. The van der Waals surface area contributed by atoms with Gasteiger partial charge in [-0.1, -0.05) is 30.7 Å². The van der Waals surface area contributed by atoms with Gasteiger partial charge in [-0.3, -0.25) is 4.79 Å². The summed E-state index contributed by atoms with van der Waals surface area (Å²) in [5.41, 5.74) is 2.42. The Morgan fingerprint density at radius 2 is 2.00 bits per heavy atom. The van der Waals surface area contributed by atoms with Crippen LogP contribution in [0.25, 0.3) is 0 Å². The van der Waals surface area contributed by atoms with Gasteiger partial charge < -0.3 is 10.4 Å². The van der Waals surface area contributed by atoms with Crippen LogP contribution in [0.2, 0.25) is 0 Å². The van der Waals surface area contributed by atoms with E-state index in [1.165, 1.54) is 11.1 Å². The van der Waals surface area contributed by atoms with E-state index in [2.05, 4.69) is 24.0 Å². The first-order valence-electron chi connectivity index (χ1n) is 7.32. The number of carboxylic acids is 1. The van der Waals surface area contributed by atoms with Crippen LogP contribution in [0.4, 0.5) is 0 Å². The summed E-state index contributed by atoms with van der Waals surface area (Å²) in [7, 11) is 0. The normalized spacial score (nSPS) is 23.6. The number of aliphatic carboxylic acids is 1. The highest BCUT2D eigenvalue weighted by molar-refractivity contribution is 7.80. The van der Waals surface area contributed by atoms with Gasteiger partial charge in [0.1, 0.15) is 6.04 Å². The monoisotopic (exact) mass is 307 g/mol. The lowest BCUT2D eigenvalue weighted by Crippen LogP contribution is -2.44. The lowest BCUT2D eigenvalue weighted by atomic mass is 9.94. The molecule has 2 N–H and O–H groups in total. The van der Waals surface area contributed by atoms with Crippen LogP contribution in [-0.2, 0) is 22.4 Å². The van der Waals surface area contributed by atoms with Crippen molar-refractivity contribution in [2.45, 2.75) is 38.1 Å². The van der Waals surface area contributed by atoms with Gasteiger partial charge in [-0.15, -0.1) is 0 Å². The second kappa shape index (κ2) is 7.50. The standard InChI is InChI=1S/C16H21NO3S/c18-15-13(10-21)9-12-7-2-1-5-11(12)6-3-4-8-14(17-15)16(19)20/h1-2,5,7,13-14,21H,3-4,6,8-10H2,(H,17,18)(H,19,20)/t13-,14?/m1/s1. The molecule has 0 radical (unpaired) electrons. The number of thiol groups is 1. The number of fused-ring (bicyclic) bond motifs is 1. The number of amides is 1. The Morgan fingerprint density at radius 1 is 1.29 bits per heavy atom. The van der Waals surface area contributed by atoms with Gasteiger partial charge in [-0.2, -0.15) is 12.6 Å². The van der Waals surface area contributed by atoms with Crippen LogP contribution in [-0.4, -0.2) is 28.8 Å². The molecular weight excluding hydrogens is 286 g/mol. The molecule has 1 aliphatic rings. The largest absolute Gasteiger partial charge is 0.480 e. The van der Waals surface area contributed by atoms with Crippen LogP contribution in [0.5, 0.6) is 0 Å². The van der Waals surface area contributed by atoms with Crippen LogP contribution in [0.15, 0.2) is 24.3 Å². The highest BCUT2D eigenvalue weighted by Crippen LogP contribution is 2.20. The third kappa shape index (κ3) is 4.24. The highest BCUT2D eigenvalue weighted by atomic mass is 32.1. The summed E-state index contributed by atoms with van der Waals surface area (Å²) in [6.45, 7) is 0. The summed E-state index contributed by atoms with van der Waals surface area (Å²) < 4.78 is 0. The molecule has 1 aliphatic heterocycles. The Morgan fingerprint density at radius 3 is 2.67 bits per heavy atom. The Hall–Kier alpha value is -1.49. The number of hydrogen-bond donors (Lipinski definition) is 3. The zero-order valence-corrected chi connectivity index (χ0v) is 12.8. The number of rotatable bonds is 2. The van der Waals surface area contributed by atoms with Crippen LogP contribution >= 0.6 is 12.6 Å². The van der Waals surface area contributed by atoms with E-state index in [-0.39, 0.29) is 11.8 Å². The molecule has 2 atom stereocenters. The fraction of sp³-hybridized carbons (Fsp3) is 0.500. The fourth-order valence-electron chi connectivity index (χ4n) is 2.72. The van der Waals surface area contributed by atoms with E-state index in [9.17, 15) is 14.7 Å². The van der Waals surface area contributed by atoms with Gasteiger partial charge in [-0.25, -0.2) is 4.79 Å². The molecule has 2 rings (SSSR count). The first-order chi connectivity index (χ1) is 10.1. The molecule has 1 unspecified atom stereocenters. The van der Waals surface area contributed by atoms with Crippen LogP contribution < -0.4 is 5.32 Å². The molecule has 114 valence electrons. The minimum atomic E-state index is -0.960. The maximum absolute atomic E-state index is 12.3. The number of benzene rings is 1. The van der Waals surface area contributed by atoms with Crippen LogP contribution in [0.3, 0.4) is 0 Å². The molecule has 1 heterocycles. The van der Waals surface area contributed by atoms with Gasteiger partial charge in [0, 0.05) is 5.75 Å². The third-order valence-electron chi connectivity index (χ3n) is 3.98. The zero-order chi connectivity index (χ0) is 15.2. The van der Waals surface area contributed by atoms with E-state index >= 15 is 0 Å². The summed E-state index contributed by atoms with van der Waals surface area (Å²) in [4.78, 5) is 23.5. The van der Waals surface area contributed by atoms with E-state index in [0.717, 1.165) is 19.3 Å². The minimum absolute atomic E-state index is 0.214. The molecule has 4 nitrogen and oxygen atoms in total. The second-order valence-electron chi connectivity index (χ2n) is 5.50. The summed E-state index contributed by atoms with van der Waals surface area (Å²) in [5, 5.41) is 11.9. The smallest absolute Gasteiger partial charge is 0.326 e. The quantitative estimate of drug-likeness (QED) is 0.733. The molecule has 0 aliphatic carbocycles. The van der Waals surface area contributed by atoms with Crippen molar-refractivity contribution in [2.24, 2.45) is 5.92 Å². The van der Waals surface area contributed by atoms with Crippen LogP contribution in [0, 0.1) is 5.92 Å². The van der Waals surface area contributed by atoms with Crippen molar-refractivity contribution in [2.75, 3.05) is 5.75 Å². The summed E-state index contributed by atoms with van der Waals surface area (Å²) in [5.74, 6) is -1.06. The van der Waals surface area contributed by atoms with Gasteiger partial charge in [0.2, 0.25) is 5.91 Å². The zero-order valence-electron chi connectivity index (χ0n) is 11.9. The molecule has 1 aromatic carbocycles. The molecule has 0 spiro atoms. The molecular formula is C16H21NO3S. The molecule has 0 bridgehead atoms. The molecule has 0 fully saturated rings. The predicted octanol–water partition coefficient (Wildman–Crippen LogP) is 2.07. The van der Waals surface area contributed by atoms with Gasteiger partial charge >= 0.3 is 5.97 Å². The number of hydrogen-bond acceptors (Lipinski definition) is 3. The summed E-state index contributed by atoms with van der Waals surface area (Å²) in [6.07, 6.45) is 3.73. The van der Waals surface area contributed by atoms with Crippen molar-refractivity contribution in [3.63, 3.8) is 0 Å². The Balaban J connectivity index is 2.24. The second-order valence-corrected chi connectivity index (χ2v) is 5.86. The van der Waals surface area contributed by atoms with Crippen LogP contribution in [0.1, 0.15) is 30.4 Å². The Labute approximate surface area is 130 Å². The van der Waals surface area contributed by atoms with Gasteiger partial charge in [0.05, 0.1) is 5.92 Å². The van der Waals surface area contributed by atoms with Crippen molar-refractivity contribution in [3.05, 3.63) is 35.4 Å².